The van der Waals surface area contributed by atoms with Crippen molar-refractivity contribution in [2.45, 2.75) is 109 Å². The summed E-state index contributed by atoms with van der Waals surface area (Å²) in [5.41, 5.74) is 0. The largest absolute Gasteiger partial charge is 0.480 e. The van der Waals surface area contributed by atoms with Gasteiger partial charge in [0.15, 0.2) is 0 Å². The van der Waals surface area contributed by atoms with Crippen LogP contribution in [-0.2, 0) is 19.1 Å². The Morgan fingerprint density at radius 2 is 1.85 bits per heavy atom. The van der Waals surface area contributed by atoms with E-state index in [0.717, 1.165) is 57.5 Å². The number of hydrogen-bond acceptors (Lipinski definition) is 6. The molecule has 3 N–H and O–H groups in total. The highest BCUT2D eigenvalue weighted by molar-refractivity contribution is 5.88. The third kappa shape index (κ3) is 6.92. The molecule has 2 saturated heterocycles. The fourth-order valence-corrected chi connectivity index (χ4v) is 6.06. The van der Waals surface area contributed by atoms with Crippen molar-refractivity contribution in [3.8, 4) is 0 Å². The summed E-state index contributed by atoms with van der Waals surface area (Å²) in [7, 11) is 0. The van der Waals surface area contributed by atoms with Crippen molar-refractivity contribution < 1.29 is 24.2 Å². The van der Waals surface area contributed by atoms with E-state index < -0.39 is 24.1 Å². The predicted octanol–water partition coefficient (Wildman–Crippen LogP) is 2.70. The average Bonchev–Trinajstić information content (AvgIpc) is 3.21. The summed E-state index contributed by atoms with van der Waals surface area (Å²) in [4.78, 5) is 39.5. The molecule has 1 amide bonds. The van der Waals surface area contributed by atoms with Gasteiger partial charge in [-0.1, -0.05) is 32.1 Å². The number of esters is 1. The minimum atomic E-state index is -0.926. The number of amides is 1. The van der Waals surface area contributed by atoms with Gasteiger partial charge in [0.25, 0.3) is 0 Å². The zero-order valence-corrected chi connectivity index (χ0v) is 20.4. The zero-order valence-electron chi connectivity index (χ0n) is 20.4. The van der Waals surface area contributed by atoms with Gasteiger partial charge in [0.05, 0.1) is 12.6 Å². The lowest BCUT2D eigenvalue weighted by Crippen LogP contribution is -2.55. The molecule has 0 bridgehead atoms. The van der Waals surface area contributed by atoms with E-state index in [1.54, 1.807) is 18.7 Å². The van der Waals surface area contributed by atoms with Crippen LogP contribution in [0.4, 0.5) is 0 Å². The first-order chi connectivity index (χ1) is 15.9. The van der Waals surface area contributed by atoms with Crippen LogP contribution in [0.25, 0.3) is 0 Å². The normalized spacial score (nSPS) is 27.6. The molecule has 0 spiro atoms. The number of aliphatic carboxylic acids is 1. The Kier molecular flexibility index (Phi) is 9.98. The van der Waals surface area contributed by atoms with Gasteiger partial charge >= 0.3 is 11.9 Å². The molecule has 1 aliphatic carbocycles. The molecule has 2 heterocycles. The van der Waals surface area contributed by atoms with Crippen LogP contribution in [0.1, 0.15) is 84.5 Å². The highest BCUT2D eigenvalue weighted by Gasteiger charge is 2.48. The lowest BCUT2D eigenvalue weighted by atomic mass is 9.84. The van der Waals surface area contributed by atoms with Gasteiger partial charge in [-0.25, -0.2) is 4.79 Å². The van der Waals surface area contributed by atoms with Crippen LogP contribution in [0.5, 0.6) is 0 Å². The summed E-state index contributed by atoms with van der Waals surface area (Å²) in [6, 6.07) is -1.94. The van der Waals surface area contributed by atoms with Crippen molar-refractivity contribution >= 4 is 17.8 Å². The first kappa shape index (κ1) is 25.9. The summed E-state index contributed by atoms with van der Waals surface area (Å²) < 4.78 is 5.27. The van der Waals surface area contributed by atoms with Crippen LogP contribution < -0.4 is 10.6 Å². The van der Waals surface area contributed by atoms with Gasteiger partial charge < -0.3 is 20.1 Å². The number of hydrogen-bond donors (Lipinski definition) is 3. The maximum absolute atomic E-state index is 13.4. The summed E-state index contributed by atoms with van der Waals surface area (Å²) in [6.45, 7) is 6.01. The van der Waals surface area contributed by atoms with Crippen LogP contribution in [0.3, 0.4) is 0 Å². The molecule has 2 aliphatic heterocycles. The topological polar surface area (TPSA) is 108 Å². The lowest BCUT2D eigenvalue weighted by Gasteiger charge is -2.35. The van der Waals surface area contributed by atoms with Gasteiger partial charge in [-0.2, -0.15) is 0 Å². The molecule has 0 aromatic carbocycles. The van der Waals surface area contributed by atoms with Crippen molar-refractivity contribution in [2.24, 2.45) is 11.8 Å². The number of ether oxygens (including phenoxy) is 1. The molecule has 3 fully saturated rings. The second-order valence-electron chi connectivity index (χ2n) is 10.1. The van der Waals surface area contributed by atoms with Crippen molar-refractivity contribution in [3.05, 3.63) is 0 Å². The monoisotopic (exact) mass is 465 g/mol. The van der Waals surface area contributed by atoms with Gasteiger partial charge in [-0.05, 0) is 77.3 Å². The minimum absolute atomic E-state index is 0.00243. The standard InChI is InChI=1S/C25H43N3O5/c1-3-33-25(32)20(10-6-4-8-18-12-14-26-15-13-18)27-17(2)23(29)28-21-11-7-5-9-19(21)16-22(28)24(30)31/h17-22,26-27H,3-16H2,1-2H3,(H,30,31)/t17-,19-,20-,21-,22-/m0/s1. The highest BCUT2D eigenvalue weighted by atomic mass is 16.5. The Morgan fingerprint density at radius 3 is 2.55 bits per heavy atom. The smallest absolute Gasteiger partial charge is 0.326 e. The number of carbonyl (C=O) groups excluding carboxylic acids is 2. The second kappa shape index (κ2) is 12.7. The minimum Gasteiger partial charge on any atom is -0.480 e. The molecule has 0 radical (unpaired) electrons. The lowest BCUT2D eigenvalue weighted by molar-refractivity contribution is -0.152. The van der Waals surface area contributed by atoms with Gasteiger partial charge in [-0.15, -0.1) is 0 Å². The van der Waals surface area contributed by atoms with E-state index >= 15 is 0 Å². The maximum atomic E-state index is 13.4. The Labute approximate surface area is 198 Å². The third-order valence-corrected chi connectivity index (χ3v) is 7.83. The first-order valence-corrected chi connectivity index (χ1v) is 13.1. The molecule has 0 unspecified atom stereocenters. The van der Waals surface area contributed by atoms with Crippen LogP contribution in [0.15, 0.2) is 0 Å². The van der Waals surface area contributed by atoms with E-state index in [1.165, 1.54) is 19.3 Å². The fraction of sp³-hybridized carbons (Fsp3) is 0.880. The number of carboxylic acid groups (broad SMARTS) is 1. The number of unbranched alkanes of at least 4 members (excludes halogenated alkanes) is 1. The zero-order chi connectivity index (χ0) is 23.8. The van der Waals surface area contributed by atoms with Crippen molar-refractivity contribution in [1.82, 2.24) is 15.5 Å². The SMILES string of the molecule is CCOC(=O)[C@H](CCCCC1CCNCC1)N[C@@H](C)C(=O)N1[C@H](C(=O)O)C[C@@H]2CCCC[C@@H]21. The van der Waals surface area contributed by atoms with E-state index in [1.807, 2.05) is 0 Å². The molecule has 5 atom stereocenters. The van der Waals surface area contributed by atoms with E-state index in [4.69, 9.17) is 4.74 Å². The van der Waals surface area contributed by atoms with Crippen LogP contribution in [0.2, 0.25) is 0 Å². The van der Waals surface area contributed by atoms with E-state index in [-0.39, 0.29) is 23.8 Å². The number of piperidine rings is 1. The number of nitrogens with one attached hydrogen (secondary N) is 2. The Morgan fingerprint density at radius 1 is 1.12 bits per heavy atom. The molecule has 0 aromatic heterocycles. The fourth-order valence-electron chi connectivity index (χ4n) is 6.06. The van der Waals surface area contributed by atoms with Crippen molar-refractivity contribution in [1.29, 1.82) is 0 Å². The molecule has 8 nitrogen and oxygen atoms in total. The number of fused-ring (bicyclic) bond motifs is 1. The molecule has 188 valence electrons. The van der Waals surface area contributed by atoms with E-state index in [2.05, 4.69) is 10.6 Å². The van der Waals surface area contributed by atoms with Crippen molar-refractivity contribution in [2.75, 3.05) is 19.7 Å². The van der Waals surface area contributed by atoms with E-state index in [9.17, 15) is 19.5 Å². The summed E-state index contributed by atoms with van der Waals surface area (Å²) in [6.07, 6.45) is 10.7. The molecule has 3 aliphatic rings. The molecular weight excluding hydrogens is 422 g/mol. The van der Waals surface area contributed by atoms with Crippen LogP contribution >= 0.6 is 0 Å². The Balaban J connectivity index is 1.57. The Bertz CT molecular complexity index is 666. The quantitative estimate of drug-likeness (QED) is 0.318. The number of likely N-dealkylation sites (tertiary alicyclic amines) is 1. The summed E-state index contributed by atoms with van der Waals surface area (Å²) in [5, 5.41) is 16.4. The molecule has 33 heavy (non-hydrogen) atoms. The first-order valence-electron chi connectivity index (χ1n) is 13.1. The van der Waals surface area contributed by atoms with E-state index in [0.29, 0.717) is 19.4 Å². The number of carbonyl (C=O) groups is 3. The van der Waals surface area contributed by atoms with Crippen molar-refractivity contribution in [3.63, 3.8) is 0 Å². The van der Waals surface area contributed by atoms with Crippen LogP contribution in [0, 0.1) is 11.8 Å². The van der Waals surface area contributed by atoms with Gasteiger partial charge in [0, 0.05) is 6.04 Å². The van der Waals surface area contributed by atoms with Gasteiger partial charge in [0.1, 0.15) is 12.1 Å². The summed E-state index contributed by atoms with van der Waals surface area (Å²) >= 11 is 0. The molecule has 8 heteroatoms. The molecule has 1 saturated carbocycles. The maximum Gasteiger partial charge on any atom is 0.326 e. The number of nitrogens with zero attached hydrogens (tertiary/aromatic N) is 1. The van der Waals surface area contributed by atoms with Crippen LogP contribution in [-0.4, -0.2) is 71.7 Å². The third-order valence-electron chi connectivity index (χ3n) is 7.83. The molecule has 3 rings (SSSR count). The number of rotatable bonds is 11. The number of carboxylic acids is 1. The van der Waals surface area contributed by atoms with Gasteiger partial charge in [0.2, 0.25) is 5.91 Å². The molecule has 0 aromatic rings. The second-order valence-corrected chi connectivity index (χ2v) is 10.1. The Hall–Kier alpha value is -1.67. The highest BCUT2D eigenvalue weighted by Crippen LogP contribution is 2.40. The average molecular weight is 466 g/mol. The predicted molar refractivity (Wildman–Crippen MR) is 126 cm³/mol. The molecular formula is C25H43N3O5. The van der Waals surface area contributed by atoms with Gasteiger partial charge in [-0.3, -0.25) is 14.9 Å². The summed E-state index contributed by atoms with van der Waals surface area (Å²) in [5.74, 6) is -0.435.